The number of benzene rings is 1. The van der Waals surface area contributed by atoms with Crippen LogP contribution in [0.3, 0.4) is 0 Å². The highest BCUT2D eigenvalue weighted by atomic mass is 32.2. The summed E-state index contributed by atoms with van der Waals surface area (Å²) in [5.74, 6) is 0.226. The number of nitro benzene ring substituents is 1. The van der Waals surface area contributed by atoms with Crippen molar-refractivity contribution in [3.63, 3.8) is 0 Å². The van der Waals surface area contributed by atoms with Crippen LogP contribution in [0.15, 0.2) is 46.2 Å². The monoisotopic (exact) mass is 360 g/mol. The number of carbonyl (C=O) groups excluding carboxylic acids is 1. The molecule has 3 aromatic rings. The van der Waals surface area contributed by atoms with Gasteiger partial charge in [0.1, 0.15) is 12.3 Å². The number of amides is 1. The smallest absolute Gasteiger partial charge is 0.274 e. The van der Waals surface area contributed by atoms with Gasteiger partial charge in [-0.15, -0.1) is 5.10 Å². The lowest BCUT2D eigenvalue weighted by molar-refractivity contribution is -0.385. The highest BCUT2D eigenvalue weighted by Gasteiger charge is 2.18. The van der Waals surface area contributed by atoms with Gasteiger partial charge in [-0.2, -0.15) is 0 Å². The van der Waals surface area contributed by atoms with E-state index in [-0.39, 0.29) is 17.0 Å². The molecule has 0 saturated carbocycles. The van der Waals surface area contributed by atoms with Crippen LogP contribution in [0.4, 0.5) is 5.69 Å². The van der Waals surface area contributed by atoms with Gasteiger partial charge in [-0.25, -0.2) is 4.68 Å². The maximum absolute atomic E-state index is 11.2. The van der Waals surface area contributed by atoms with Crippen LogP contribution in [-0.2, 0) is 12.3 Å². The van der Waals surface area contributed by atoms with Gasteiger partial charge in [0.25, 0.3) is 5.69 Å². The minimum atomic E-state index is -0.718. The Morgan fingerprint density at radius 3 is 2.92 bits per heavy atom. The van der Waals surface area contributed by atoms with E-state index in [1.165, 1.54) is 34.6 Å². The number of thioether (sulfide) groups is 1. The second-order valence-electron chi connectivity index (χ2n) is 4.95. The number of primary amides is 1. The molecule has 2 aromatic heterocycles. The maximum Gasteiger partial charge on any atom is 0.274 e. The van der Waals surface area contributed by atoms with Gasteiger partial charge in [0, 0.05) is 22.9 Å². The molecule has 0 fully saturated rings. The number of carbonyl (C=O) groups is 1. The Morgan fingerprint density at radius 2 is 2.24 bits per heavy atom. The van der Waals surface area contributed by atoms with Crippen molar-refractivity contribution in [1.29, 1.82) is 0 Å². The molecule has 3 rings (SSSR count). The molecule has 1 amide bonds. The molecule has 0 aliphatic carbocycles. The fourth-order valence-corrected chi connectivity index (χ4v) is 2.97. The predicted octanol–water partition coefficient (Wildman–Crippen LogP) is 1.61. The number of aromatic nitrogens is 4. The molecule has 2 N–H and O–H groups in total. The molecule has 0 aliphatic rings. The fraction of sp³-hybridized carbons (Fsp3) is 0.143. The minimum absolute atomic E-state index is 0.0862. The van der Waals surface area contributed by atoms with E-state index in [2.05, 4.69) is 15.5 Å². The van der Waals surface area contributed by atoms with Crippen molar-refractivity contribution in [3.05, 3.63) is 63.6 Å². The van der Waals surface area contributed by atoms with Crippen molar-refractivity contribution < 1.29 is 14.1 Å². The van der Waals surface area contributed by atoms with Crippen LogP contribution in [0.1, 0.15) is 21.7 Å². The van der Waals surface area contributed by atoms with Gasteiger partial charge < -0.3 is 10.2 Å². The molecule has 25 heavy (non-hydrogen) atoms. The lowest BCUT2D eigenvalue weighted by Crippen LogP contribution is -2.11. The van der Waals surface area contributed by atoms with Gasteiger partial charge in [-0.3, -0.25) is 14.9 Å². The number of hydrogen-bond acceptors (Lipinski definition) is 8. The number of hydrogen-bond donors (Lipinski definition) is 1. The van der Waals surface area contributed by atoms with Crippen LogP contribution < -0.4 is 5.73 Å². The SMILES string of the molecule is NC(=O)c1ccc(CSc2nnnn2Cc2ccco2)c([N+](=O)[O-])c1. The van der Waals surface area contributed by atoms with Crippen molar-refractivity contribution in [3.8, 4) is 0 Å². The van der Waals surface area contributed by atoms with Crippen LogP contribution in [0.5, 0.6) is 0 Å². The number of nitro groups is 1. The van der Waals surface area contributed by atoms with E-state index in [0.717, 1.165) is 0 Å². The second-order valence-corrected chi connectivity index (χ2v) is 5.89. The van der Waals surface area contributed by atoms with Gasteiger partial charge in [0.15, 0.2) is 0 Å². The first-order chi connectivity index (χ1) is 12.0. The highest BCUT2D eigenvalue weighted by Crippen LogP contribution is 2.27. The number of nitrogens with zero attached hydrogens (tertiary/aromatic N) is 5. The maximum atomic E-state index is 11.2. The summed E-state index contributed by atoms with van der Waals surface area (Å²) in [7, 11) is 0. The van der Waals surface area contributed by atoms with Gasteiger partial charge in [0.05, 0.1) is 11.2 Å². The number of rotatable bonds is 7. The number of furan rings is 1. The van der Waals surface area contributed by atoms with Gasteiger partial charge in [-0.1, -0.05) is 17.8 Å². The normalized spacial score (nSPS) is 10.7. The standard InChI is InChI=1S/C14H12N6O4S/c15-13(21)9-3-4-10(12(6-9)20(22)23)8-25-14-16-17-18-19(14)7-11-2-1-5-24-11/h1-6H,7-8H2,(H2,15,21). The van der Waals surface area contributed by atoms with Crippen molar-refractivity contribution >= 4 is 23.4 Å². The highest BCUT2D eigenvalue weighted by molar-refractivity contribution is 7.98. The van der Waals surface area contributed by atoms with Gasteiger partial charge >= 0.3 is 0 Å². The Balaban J connectivity index is 1.77. The first kappa shape index (κ1) is 16.6. The van der Waals surface area contributed by atoms with E-state index in [4.69, 9.17) is 10.2 Å². The molecule has 0 radical (unpaired) electrons. The largest absolute Gasteiger partial charge is 0.467 e. The summed E-state index contributed by atoms with van der Waals surface area (Å²) in [6, 6.07) is 7.69. The molecule has 128 valence electrons. The molecular weight excluding hydrogens is 348 g/mol. The topological polar surface area (TPSA) is 143 Å². The quantitative estimate of drug-likeness (QED) is 0.380. The summed E-state index contributed by atoms with van der Waals surface area (Å²) in [5.41, 5.74) is 5.51. The third-order valence-corrected chi connectivity index (χ3v) is 4.31. The zero-order valence-corrected chi connectivity index (χ0v) is 13.5. The molecule has 0 aliphatic heterocycles. The molecule has 0 bridgehead atoms. The van der Waals surface area contributed by atoms with Crippen molar-refractivity contribution in [1.82, 2.24) is 20.2 Å². The zero-order valence-electron chi connectivity index (χ0n) is 12.7. The van der Waals surface area contributed by atoms with Crippen LogP contribution in [0.25, 0.3) is 0 Å². The van der Waals surface area contributed by atoms with Crippen molar-refractivity contribution in [2.45, 2.75) is 17.5 Å². The average molecular weight is 360 g/mol. The van der Waals surface area contributed by atoms with E-state index in [9.17, 15) is 14.9 Å². The lowest BCUT2D eigenvalue weighted by atomic mass is 10.1. The summed E-state index contributed by atoms with van der Waals surface area (Å²) < 4.78 is 6.79. The third kappa shape index (κ3) is 3.83. The Labute approximate surface area is 145 Å². The van der Waals surface area contributed by atoms with Crippen LogP contribution >= 0.6 is 11.8 Å². The fourth-order valence-electron chi connectivity index (χ4n) is 2.10. The number of nitrogens with two attached hydrogens (primary N) is 1. The summed E-state index contributed by atoms with van der Waals surface area (Å²) in [6.07, 6.45) is 1.55. The Bertz CT molecular complexity index is 908. The first-order valence-corrected chi connectivity index (χ1v) is 8.01. The zero-order chi connectivity index (χ0) is 17.8. The van der Waals surface area contributed by atoms with Gasteiger partial charge in [0.2, 0.25) is 11.1 Å². The second kappa shape index (κ2) is 7.13. The van der Waals surface area contributed by atoms with Crippen molar-refractivity contribution in [2.75, 3.05) is 0 Å². The molecule has 1 aromatic carbocycles. The van der Waals surface area contributed by atoms with E-state index < -0.39 is 10.8 Å². The Morgan fingerprint density at radius 1 is 1.40 bits per heavy atom. The summed E-state index contributed by atoms with van der Waals surface area (Å²) in [4.78, 5) is 21.9. The lowest BCUT2D eigenvalue weighted by Gasteiger charge is -2.05. The first-order valence-electron chi connectivity index (χ1n) is 7.03. The van der Waals surface area contributed by atoms with E-state index in [0.29, 0.717) is 23.0 Å². The third-order valence-electron chi connectivity index (χ3n) is 3.31. The number of tetrazole rings is 1. The van der Waals surface area contributed by atoms with Crippen LogP contribution in [-0.4, -0.2) is 31.0 Å². The van der Waals surface area contributed by atoms with E-state index in [1.54, 1.807) is 18.4 Å². The van der Waals surface area contributed by atoms with Crippen LogP contribution in [0.2, 0.25) is 0 Å². The summed E-state index contributed by atoms with van der Waals surface area (Å²) in [6.45, 7) is 0.352. The molecule has 0 saturated heterocycles. The van der Waals surface area contributed by atoms with E-state index in [1.807, 2.05) is 0 Å². The molecular formula is C14H12N6O4S. The Kier molecular flexibility index (Phi) is 4.75. The summed E-state index contributed by atoms with van der Waals surface area (Å²) >= 11 is 1.24. The van der Waals surface area contributed by atoms with E-state index >= 15 is 0 Å². The average Bonchev–Trinajstić information content (AvgIpc) is 3.25. The molecule has 10 nitrogen and oxygen atoms in total. The molecule has 2 heterocycles. The molecule has 0 spiro atoms. The minimum Gasteiger partial charge on any atom is -0.467 e. The van der Waals surface area contributed by atoms with Crippen molar-refractivity contribution in [2.24, 2.45) is 5.73 Å². The Hall–Kier alpha value is -3.21. The predicted molar refractivity (Wildman–Crippen MR) is 86.8 cm³/mol. The summed E-state index contributed by atoms with van der Waals surface area (Å²) in [5, 5.41) is 23.1. The van der Waals surface area contributed by atoms with Crippen LogP contribution in [0, 0.1) is 10.1 Å². The molecule has 0 atom stereocenters. The molecule has 11 heteroatoms. The molecule has 0 unspecified atom stereocenters. The van der Waals surface area contributed by atoms with Gasteiger partial charge in [-0.05, 0) is 28.6 Å².